The molecule has 0 radical (unpaired) electrons. The molecule has 1 heterocycles. The minimum atomic E-state index is -0.492. The van der Waals surface area contributed by atoms with E-state index >= 15 is 0 Å². The van der Waals surface area contributed by atoms with Crippen molar-refractivity contribution in [3.63, 3.8) is 0 Å². The maximum Gasteiger partial charge on any atom is 0.241 e. The number of likely N-dealkylation sites (tertiary alicyclic amines) is 1. The van der Waals surface area contributed by atoms with Crippen LogP contribution >= 0.6 is 12.4 Å². The SMILES string of the molecule is CCC1CCN(C(=O)C(N)COC)CC1.Cl. The molecule has 1 saturated heterocycles. The van der Waals surface area contributed by atoms with Crippen molar-refractivity contribution in [3.8, 4) is 0 Å². The Kier molecular flexibility index (Phi) is 7.72. The molecule has 1 aliphatic rings. The number of carbonyl (C=O) groups is 1. The van der Waals surface area contributed by atoms with E-state index in [2.05, 4.69) is 6.92 Å². The first kappa shape index (κ1) is 15.7. The molecule has 1 aliphatic heterocycles. The lowest BCUT2D eigenvalue weighted by Crippen LogP contribution is -2.48. The van der Waals surface area contributed by atoms with Crippen LogP contribution in [0.5, 0.6) is 0 Å². The topological polar surface area (TPSA) is 55.6 Å². The summed E-state index contributed by atoms with van der Waals surface area (Å²) in [7, 11) is 1.57. The number of hydrogen-bond acceptors (Lipinski definition) is 3. The zero-order valence-corrected chi connectivity index (χ0v) is 11.0. The van der Waals surface area contributed by atoms with Crippen LogP contribution in [0.25, 0.3) is 0 Å². The highest BCUT2D eigenvalue weighted by Crippen LogP contribution is 2.20. The summed E-state index contributed by atoms with van der Waals surface area (Å²) in [5, 5.41) is 0. The molecule has 0 aromatic rings. The van der Waals surface area contributed by atoms with Crippen molar-refractivity contribution in [1.29, 1.82) is 0 Å². The van der Waals surface area contributed by atoms with Gasteiger partial charge in [-0.3, -0.25) is 4.79 Å². The maximum absolute atomic E-state index is 11.8. The van der Waals surface area contributed by atoms with Crippen molar-refractivity contribution in [2.75, 3.05) is 26.8 Å². The van der Waals surface area contributed by atoms with Gasteiger partial charge in [0.15, 0.2) is 0 Å². The number of nitrogens with two attached hydrogens (primary N) is 1. The number of methoxy groups -OCH3 is 1. The number of ether oxygens (including phenoxy) is 1. The molecule has 1 unspecified atom stereocenters. The van der Waals surface area contributed by atoms with Crippen molar-refractivity contribution >= 4 is 18.3 Å². The van der Waals surface area contributed by atoms with Gasteiger partial charge in [0, 0.05) is 20.2 Å². The third kappa shape index (κ3) is 4.28. The average Bonchev–Trinajstić information content (AvgIpc) is 2.28. The Morgan fingerprint density at radius 1 is 1.50 bits per heavy atom. The molecule has 1 fully saturated rings. The van der Waals surface area contributed by atoms with Gasteiger partial charge in [0.1, 0.15) is 6.04 Å². The predicted octanol–water partition coefficient (Wildman–Crippen LogP) is 1.03. The first-order valence-electron chi connectivity index (χ1n) is 5.72. The molecule has 1 amide bonds. The van der Waals surface area contributed by atoms with Crippen molar-refractivity contribution in [2.45, 2.75) is 32.2 Å². The fraction of sp³-hybridized carbons (Fsp3) is 0.909. The number of halogens is 1. The second kappa shape index (κ2) is 7.87. The zero-order valence-electron chi connectivity index (χ0n) is 10.1. The molecule has 96 valence electrons. The van der Waals surface area contributed by atoms with Gasteiger partial charge < -0.3 is 15.4 Å². The van der Waals surface area contributed by atoms with Crippen molar-refractivity contribution < 1.29 is 9.53 Å². The number of nitrogens with zero attached hydrogens (tertiary/aromatic N) is 1. The van der Waals surface area contributed by atoms with E-state index in [-0.39, 0.29) is 18.3 Å². The van der Waals surface area contributed by atoms with Crippen LogP contribution in [-0.4, -0.2) is 43.7 Å². The number of amides is 1. The van der Waals surface area contributed by atoms with Gasteiger partial charge in [-0.1, -0.05) is 13.3 Å². The summed E-state index contributed by atoms with van der Waals surface area (Å²) in [6.07, 6.45) is 3.44. The highest BCUT2D eigenvalue weighted by atomic mass is 35.5. The molecule has 1 rings (SSSR count). The molecular formula is C11H23ClN2O2. The molecule has 0 bridgehead atoms. The fourth-order valence-corrected chi connectivity index (χ4v) is 2.05. The fourth-order valence-electron chi connectivity index (χ4n) is 2.05. The van der Waals surface area contributed by atoms with E-state index in [0.717, 1.165) is 31.8 Å². The predicted molar refractivity (Wildman–Crippen MR) is 66.7 cm³/mol. The minimum Gasteiger partial charge on any atom is -0.383 e. The normalized spacial score (nSPS) is 19.1. The average molecular weight is 251 g/mol. The summed E-state index contributed by atoms with van der Waals surface area (Å²) in [5.41, 5.74) is 5.71. The minimum absolute atomic E-state index is 0. The van der Waals surface area contributed by atoms with E-state index in [1.54, 1.807) is 7.11 Å². The summed E-state index contributed by atoms with van der Waals surface area (Å²) >= 11 is 0. The highest BCUT2D eigenvalue weighted by Gasteiger charge is 2.25. The van der Waals surface area contributed by atoms with Crippen LogP contribution in [0, 0.1) is 5.92 Å². The van der Waals surface area contributed by atoms with Gasteiger partial charge in [-0.05, 0) is 18.8 Å². The summed E-state index contributed by atoms with van der Waals surface area (Å²) in [5.74, 6) is 0.819. The number of carbonyl (C=O) groups excluding carboxylic acids is 1. The van der Waals surface area contributed by atoms with Crippen LogP contribution in [0.2, 0.25) is 0 Å². The van der Waals surface area contributed by atoms with Crippen LogP contribution in [-0.2, 0) is 9.53 Å². The van der Waals surface area contributed by atoms with Gasteiger partial charge in [0.25, 0.3) is 0 Å². The first-order chi connectivity index (χ1) is 7.19. The molecule has 1 atom stereocenters. The van der Waals surface area contributed by atoms with Crippen LogP contribution in [0.15, 0.2) is 0 Å². The smallest absolute Gasteiger partial charge is 0.241 e. The van der Waals surface area contributed by atoms with Gasteiger partial charge in [-0.25, -0.2) is 0 Å². The maximum atomic E-state index is 11.8. The van der Waals surface area contributed by atoms with Gasteiger partial charge in [-0.2, -0.15) is 0 Å². The lowest BCUT2D eigenvalue weighted by Gasteiger charge is -2.33. The zero-order chi connectivity index (χ0) is 11.3. The van der Waals surface area contributed by atoms with E-state index in [9.17, 15) is 4.79 Å². The Hall–Kier alpha value is -0.320. The molecule has 0 aromatic carbocycles. The Bertz CT molecular complexity index is 206. The van der Waals surface area contributed by atoms with E-state index in [0.29, 0.717) is 6.61 Å². The molecule has 0 aliphatic carbocycles. The van der Waals surface area contributed by atoms with E-state index in [1.807, 2.05) is 4.90 Å². The second-order valence-electron chi connectivity index (χ2n) is 4.24. The molecule has 0 spiro atoms. The summed E-state index contributed by atoms with van der Waals surface area (Å²) in [6, 6.07) is -0.492. The number of piperidine rings is 1. The van der Waals surface area contributed by atoms with E-state index < -0.39 is 6.04 Å². The summed E-state index contributed by atoms with van der Waals surface area (Å²) in [4.78, 5) is 13.7. The molecule has 16 heavy (non-hydrogen) atoms. The third-order valence-corrected chi connectivity index (χ3v) is 3.17. The van der Waals surface area contributed by atoms with E-state index in [4.69, 9.17) is 10.5 Å². The van der Waals surface area contributed by atoms with Crippen LogP contribution in [0.1, 0.15) is 26.2 Å². The quantitative estimate of drug-likeness (QED) is 0.811. The Morgan fingerprint density at radius 2 is 2.06 bits per heavy atom. The van der Waals surface area contributed by atoms with Crippen molar-refractivity contribution in [1.82, 2.24) is 4.90 Å². The molecule has 4 nitrogen and oxygen atoms in total. The van der Waals surface area contributed by atoms with Crippen LogP contribution in [0.3, 0.4) is 0 Å². The van der Waals surface area contributed by atoms with Gasteiger partial charge in [0.05, 0.1) is 6.61 Å². The molecule has 5 heteroatoms. The number of hydrogen-bond donors (Lipinski definition) is 1. The Balaban J connectivity index is 0.00000225. The summed E-state index contributed by atoms with van der Waals surface area (Å²) in [6.45, 7) is 4.23. The second-order valence-corrected chi connectivity index (χ2v) is 4.24. The third-order valence-electron chi connectivity index (χ3n) is 3.17. The van der Waals surface area contributed by atoms with Crippen molar-refractivity contribution in [3.05, 3.63) is 0 Å². The molecule has 2 N–H and O–H groups in total. The van der Waals surface area contributed by atoms with Gasteiger partial charge >= 0.3 is 0 Å². The lowest BCUT2D eigenvalue weighted by molar-refractivity contribution is -0.135. The molecular weight excluding hydrogens is 228 g/mol. The van der Waals surface area contributed by atoms with Crippen LogP contribution < -0.4 is 5.73 Å². The highest BCUT2D eigenvalue weighted by molar-refractivity contribution is 5.85. The van der Waals surface area contributed by atoms with Crippen molar-refractivity contribution in [2.24, 2.45) is 11.7 Å². The largest absolute Gasteiger partial charge is 0.383 e. The number of rotatable bonds is 4. The molecule has 0 aromatic heterocycles. The van der Waals surface area contributed by atoms with Crippen LogP contribution in [0.4, 0.5) is 0 Å². The van der Waals surface area contributed by atoms with Gasteiger partial charge in [-0.15, -0.1) is 12.4 Å². The summed E-state index contributed by atoms with van der Waals surface area (Å²) < 4.78 is 4.89. The lowest BCUT2D eigenvalue weighted by atomic mass is 9.94. The van der Waals surface area contributed by atoms with Gasteiger partial charge in [0.2, 0.25) is 5.91 Å². The van der Waals surface area contributed by atoms with E-state index in [1.165, 1.54) is 6.42 Å². The monoisotopic (exact) mass is 250 g/mol. The molecule has 0 saturated carbocycles. The Morgan fingerprint density at radius 3 is 2.50 bits per heavy atom. The first-order valence-corrected chi connectivity index (χ1v) is 5.72. The standard InChI is InChI=1S/C11H22N2O2.ClH/c1-3-9-4-6-13(7-5-9)11(14)10(12)8-15-2;/h9-10H,3-8,12H2,1-2H3;1H. The Labute approximate surface area is 104 Å².